The van der Waals surface area contributed by atoms with Crippen LogP contribution in [0.15, 0.2) is 24.3 Å². The van der Waals surface area contributed by atoms with E-state index < -0.39 is 12.0 Å². The van der Waals surface area contributed by atoms with Crippen molar-refractivity contribution in [1.29, 1.82) is 0 Å². The van der Waals surface area contributed by atoms with Crippen molar-refractivity contribution in [2.45, 2.75) is 33.1 Å². The molecular weight excluding hydrogens is 397 g/mol. The quantitative estimate of drug-likeness (QED) is 0.684. The zero-order valence-corrected chi connectivity index (χ0v) is 16.8. The maximum Gasteiger partial charge on any atom is 0.453 e. The molecule has 30 heavy (non-hydrogen) atoms. The van der Waals surface area contributed by atoms with E-state index in [4.69, 9.17) is 4.74 Å². The second-order valence-electron chi connectivity index (χ2n) is 7.42. The summed E-state index contributed by atoms with van der Waals surface area (Å²) in [5.41, 5.74) is 3.67. The molecule has 1 fully saturated rings. The molecule has 10 heteroatoms. The number of aromatic nitrogens is 4. The van der Waals surface area contributed by atoms with E-state index in [2.05, 4.69) is 37.6 Å². The lowest BCUT2D eigenvalue weighted by Gasteiger charge is -2.26. The third kappa shape index (κ3) is 4.24. The predicted octanol–water partition coefficient (Wildman–Crippen LogP) is 3.20. The number of fused-ring (bicyclic) bond motifs is 1. The molecule has 0 atom stereocenters. The molecule has 0 bridgehead atoms. The summed E-state index contributed by atoms with van der Waals surface area (Å²) >= 11 is 0. The highest BCUT2D eigenvalue weighted by Gasteiger charge is 2.38. The average molecular weight is 420 g/mol. The molecule has 1 aliphatic heterocycles. The molecular formula is C20H23F3N6O. The first-order chi connectivity index (χ1) is 14.3. The summed E-state index contributed by atoms with van der Waals surface area (Å²) in [6, 6.07) is 8.15. The van der Waals surface area contributed by atoms with Crippen molar-refractivity contribution in [3.63, 3.8) is 0 Å². The number of benzene rings is 1. The van der Waals surface area contributed by atoms with Crippen LogP contribution in [-0.2, 0) is 24.0 Å². The Morgan fingerprint density at radius 1 is 1.07 bits per heavy atom. The minimum Gasteiger partial charge on any atom is -0.379 e. The van der Waals surface area contributed by atoms with Gasteiger partial charge in [-0.2, -0.15) is 17.7 Å². The summed E-state index contributed by atoms with van der Waals surface area (Å²) in [6.07, 6.45) is -4.63. The van der Waals surface area contributed by atoms with Gasteiger partial charge in [0.15, 0.2) is 11.5 Å². The van der Waals surface area contributed by atoms with Crippen LogP contribution in [0.4, 0.5) is 19.0 Å². The highest BCUT2D eigenvalue weighted by atomic mass is 19.4. The molecule has 0 unspecified atom stereocenters. The van der Waals surface area contributed by atoms with Crippen molar-refractivity contribution < 1.29 is 17.9 Å². The number of morpholine rings is 1. The summed E-state index contributed by atoms with van der Waals surface area (Å²) in [6.45, 7) is 8.12. The minimum atomic E-state index is -4.63. The van der Waals surface area contributed by atoms with Crippen molar-refractivity contribution in [3.8, 4) is 0 Å². The van der Waals surface area contributed by atoms with Gasteiger partial charge in [0.2, 0.25) is 0 Å². The van der Waals surface area contributed by atoms with Gasteiger partial charge in [-0.15, -0.1) is 15.3 Å². The van der Waals surface area contributed by atoms with Gasteiger partial charge in [-0.1, -0.05) is 24.3 Å². The molecule has 0 aliphatic carbocycles. The average Bonchev–Trinajstić information content (AvgIpc) is 3.15. The maximum absolute atomic E-state index is 13.2. The number of aryl methyl sites for hydroxylation is 1. The maximum atomic E-state index is 13.2. The van der Waals surface area contributed by atoms with Crippen LogP contribution in [0.3, 0.4) is 0 Å². The number of halogens is 3. The van der Waals surface area contributed by atoms with Crippen LogP contribution in [0, 0.1) is 13.8 Å². The number of ether oxygens (including phenoxy) is 1. The van der Waals surface area contributed by atoms with Gasteiger partial charge in [-0.05, 0) is 30.5 Å². The summed E-state index contributed by atoms with van der Waals surface area (Å²) in [4.78, 5) is 2.34. The van der Waals surface area contributed by atoms with Gasteiger partial charge < -0.3 is 10.1 Å². The summed E-state index contributed by atoms with van der Waals surface area (Å²) < 4.78 is 45.8. The van der Waals surface area contributed by atoms with Crippen molar-refractivity contribution in [1.82, 2.24) is 24.7 Å². The first kappa shape index (κ1) is 20.5. The number of alkyl halides is 3. The van der Waals surface area contributed by atoms with Crippen LogP contribution in [0.25, 0.3) is 5.65 Å². The van der Waals surface area contributed by atoms with Crippen molar-refractivity contribution >= 4 is 11.5 Å². The van der Waals surface area contributed by atoms with E-state index in [1.165, 1.54) is 5.56 Å². The molecule has 3 heterocycles. The van der Waals surface area contributed by atoms with Crippen LogP contribution in [0.1, 0.15) is 28.1 Å². The van der Waals surface area contributed by atoms with Gasteiger partial charge in [0, 0.05) is 31.7 Å². The van der Waals surface area contributed by atoms with Gasteiger partial charge in [0.05, 0.1) is 13.2 Å². The van der Waals surface area contributed by atoms with E-state index >= 15 is 0 Å². The van der Waals surface area contributed by atoms with Crippen LogP contribution in [-0.4, -0.2) is 51.0 Å². The first-order valence-corrected chi connectivity index (χ1v) is 9.74. The van der Waals surface area contributed by atoms with Crippen LogP contribution in [0.2, 0.25) is 0 Å². The molecule has 1 N–H and O–H groups in total. The third-order valence-corrected chi connectivity index (χ3v) is 5.31. The van der Waals surface area contributed by atoms with E-state index in [-0.39, 0.29) is 5.65 Å². The van der Waals surface area contributed by atoms with E-state index in [0.29, 0.717) is 17.9 Å². The largest absolute Gasteiger partial charge is 0.453 e. The van der Waals surface area contributed by atoms with Gasteiger partial charge in [0.25, 0.3) is 5.82 Å². The SMILES string of the molecule is Cc1c(NCc2cccc(CN3CCOCC3)c2)nn2c(C(F)(F)F)nnc2c1C. The summed E-state index contributed by atoms with van der Waals surface area (Å²) in [5.74, 6) is -0.750. The molecule has 160 valence electrons. The molecule has 2 aromatic heterocycles. The Bertz CT molecular complexity index is 1040. The molecule has 7 nitrogen and oxygen atoms in total. The molecule has 1 saturated heterocycles. The van der Waals surface area contributed by atoms with Crippen molar-refractivity contribution in [3.05, 3.63) is 52.3 Å². The van der Waals surface area contributed by atoms with Crippen molar-refractivity contribution in [2.75, 3.05) is 31.6 Å². The fourth-order valence-corrected chi connectivity index (χ4v) is 3.51. The highest BCUT2D eigenvalue weighted by Crippen LogP contribution is 2.29. The van der Waals surface area contributed by atoms with E-state index in [1.807, 2.05) is 19.1 Å². The Morgan fingerprint density at radius 3 is 2.53 bits per heavy atom. The zero-order chi connectivity index (χ0) is 21.3. The fraction of sp³-hybridized carbons (Fsp3) is 0.450. The Kier molecular flexibility index (Phi) is 5.61. The molecule has 3 aromatic rings. The zero-order valence-electron chi connectivity index (χ0n) is 16.8. The van der Waals surface area contributed by atoms with Crippen LogP contribution >= 0.6 is 0 Å². The number of nitrogens with one attached hydrogen (secondary N) is 1. The number of anilines is 1. The molecule has 0 spiro atoms. The second-order valence-corrected chi connectivity index (χ2v) is 7.42. The van der Waals surface area contributed by atoms with E-state index in [0.717, 1.165) is 48.5 Å². The Balaban J connectivity index is 1.53. The molecule has 1 aliphatic rings. The lowest BCUT2D eigenvalue weighted by molar-refractivity contribution is -0.146. The normalized spacial score (nSPS) is 15.6. The lowest BCUT2D eigenvalue weighted by atomic mass is 10.1. The van der Waals surface area contributed by atoms with Gasteiger partial charge in [0.1, 0.15) is 0 Å². The number of nitrogens with zero attached hydrogens (tertiary/aromatic N) is 5. The molecule has 0 amide bonds. The van der Waals surface area contributed by atoms with Gasteiger partial charge in [-0.3, -0.25) is 4.90 Å². The molecule has 0 saturated carbocycles. The van der Waals surface area contributed by atoms with Gasteiger partial charge >= 0.3 is 6.18 Å². The Morgan fingerprint density at radius 2 is 1.80 bits per heavy atom. The number of hydrogen-bond acceptors (Lipinski definition) is 6. The standard InChI is InChI=1S/C20H23F3N6O/c1-13-14(2)18-25-26-19(20(21,22)23)29(18)27-17(13)24-11-15-4-3-5-16(10-15)12-28-6-8-30-9-7-28/h3-5,10H,6-9,11-12H2,1-2H3,(H,24,27). The number of rotatable bonds is 5. The fourth-order valence-electron chi connectivity index (χ4n) is 3.51. The van der Waals surface area contributed by atoms with E-state index in [1.54, 1.807) is 6.92 Å². The van der Waals surface area contributed by atoms with Crippen LogP contribution in [0.5, 0.6) is 0 Å². The smallest absolute Gasteiger partial charge is 0.379 e. The molecule has 1 aromatic carbocycles. The molecule has 4 rings (SSSR count). The molecule has 0 radical (unpaired) electrons. The highest BCUT2D eigenvalue weighted by molar-refractivity contribution is 5.58. The second kappa shape index (κ2) is 8.19. The lowest BCUT2D eigenvalue weighted by Crippen LogP contribution is -2.35. The Labute approximate surface area is 171 Å². The topological polar surface area (TPSA) is 67.6 Å². The summed E-state index contributed by atoms with van der Waals surface area (Å²) in [7, 11) is 0. The first-order valence-electron chi connectivity index (χ1n) is 9.74. The predicted molar refractivity (Wildman–Crippen MR) is 105 cm³/mol. The number of hydrogen-bond donors (Lipinski definition) is 1. The van der Waals surface area contributed by atoms with E-state index in [9.17, 15) is 13.2 Å². The summed E-state index contributed by atoms with van der Waals surface area (Å²) in [5, 5.41) is 14.2. The van der Waals surface area contributed by atoms with Gasteiger partial charge in [-0.25, -0.2) is 0 Å². The van der Waals surface area contributed by atoms with Crippen molar-refractivity contribution in [2.24, 2.45) is 0 Å². The minimum absolute atomic E-state index is 0.109. The Hall–Kier alpha value is -2.72. The van der Waals surface area contributed by atoms with Crippen LogP contribution < -0.4 is 5.32 Å². The monoisotopic (exact) mass is 420 g/mol. The third-order valence-electron chi connectivity index (χ3n) is 5.31.